The van der Waals surface area contributed by atoms with Crippen molar-refractivity contribution in [2.24, 2.45) is 0 Å². The molecule has 2 aromatic rings. The standard InChI is InChI=1S/C6H4N5O2Se/c12-4-2-3(8-1-7-2)9-5(10-4)11-6(13)14/h1H,(H3,7,8,9,10,11,12,13). The van der Waals surface area contributed by atoms with Gasteiger partial charge >= 0.3 is 84.7 Å². The summed E-state index contributed by atoms with van der Waals surface area (Å²) in [6.07, 6.45) is 1.36. The molecular formula is C6H4N5O2Se. The molecule has 8 heteroatoms. The van der Waals surface area contributed by atoms with Crippen molar-refractivity contribution >= 4 is 37.9 Å². The third kappa shape index (κ3) is 1.52. The normalized spacial score (nSPS) is 10.3. The van der Waals surface area contributed by atoms with E-state index in [-0.39, 0.29) is 22.7 Å². The number of nitrogens with zero attached hydrogens (tertiary/aromatic N) is 2. The zero-order chi connectivity index (χ0) is 10.1. The van der Waals surface area contributed by atoms with Gasteiger partial charge in [0, 0.05) is 0 Å². The minimum absolute atomic E-state index is 0.0679. The van der Waals surface area contributed by atoms with E-state index in [4.69, 9.17) is 0 Å². The molecule has 71 valence electrons. The van der Waals surface area contributed by atoms with Crippen LogP contribution in [0.3, 0.4) is 0 Å². The Hall–Kier alpha value is -1.66. The van der Waals surface area contributed by atoms with E-state index < -0.39 is 4.81 Å². The summed E-state index contributed by atoms with van der Waals surface area (Å²) in [4.78, 5) is 34.2. The van der Waals surface area contributed by atoms with Crippen molar-refractivity contribution in [1.82, 2.24) is 19.9 Å². The van der Waals surface area contributed by atoms with E-state index in [1.165, 1.54) is 6.33 Å². The SMILES string of the molecule is O=C([Se])Nc1nc2nc[nH]c2c(=O)[nH]1. The van der Waals surface area contributed by atoms with Crippen LogP contribution in [0.1, 0.15) is 0 Å². The van der Waals surface area contributed by atoms with E-state index in [9.17, 15) is 9.59 Å². The van der Waals surface area contributed by atoms with Gasteiger partial charge in [-0.05, 0) is 0 Å². The zero-order valence-electron chi connectivity index (χ0n) is 6.70. The van der Waals surface area contributed by atoms with Crippen molar-refractivity contribution < 1.29 is 4.79 Å². The van der Waals surface area contributed by atoms with Crippen LogP contribution in [-0.4, -0.2) is 40.8 Å². The number of amides is 1. The second-order valence-corrected chi connectivity index (χ2v) is 3.21. The molecule has 0 saturated heterocycles. The number of rotatable bonds is 1. The molecule has 1 radical (unpaired) electrons. The van der Waals surface area contributed by atoms with Gasteiger partial charge in [-0.2, -0.15) is 0 Å². The number of imidazole rings is 1. The van der Waals surface area contributed by atoms with Gasteiger partial charge in [-0.25, -0.2) is 0 Å². The summed E-state index contributed by atoms with van der Waals surface area (Å²) in [5, 5.41) is 2.31. The Kier molecular flexibility index (Phi) is 2.06. The van der Waals surface area contributed by atoms with Gasteiger partial charge in [0.05, 0.1) is 0 Å². The van der Waals surface area contributed by atoms with Gasteiger partial charge in [0.2, 0.25) is 0 Å². The Bertz CT molecular complexity index is 544. The Morgan fingerprint density at radius 3 is 3.07 bits per heavy atom. The average Bonchev–Trinajstić information content (AvgIpc) is 2.50. The minimum atomic E-state index is -0.428. The molecule has 14 heavy (non-hydrogen) atoms. The molecule has 0 aliphatic heterocycles. The summed E-state index contributed by atoms with van der Waals surface area (Å²) in [5.41, 5.74) is 0.164. The first kappa shape index (κ1) is 8.92. The molecular weight excluding hydrogens is 253 g/mol. The van der Waals surface area contributed by atoms with E-state index in [0.29, 0.717) is 0 Å². The molecule has 0 aliphatic rings. The van der Waals surface area contributed by atoms with E-state index >= 15 is 0 Å². The van der Waals surface area contributed by atoms with Crippen molar-refractivity contribution in [2.75, 3.05) is 5.32 Å². The van der Waals surface area contributed by atoms with Gasteiger partial charge in [-0.3, -0.25) is 0 Å². The van der Waals surface area contributed by atoms with Crippen LogP contribution < -0.4 is 10.9 Å². The van der Waals surface area contributed by atoms with Crippen LogP contribution in [0.5, 0.6) is 0 Å². The molecule has 0 bridgehead atoms. The molecule has 0 atom stereocenters. The van der Waals surface area contributed by atoms with Crippen LogP contribution in [0, 0.1) is 0 Å². The number of carbonyl (C=O) groups is 1. The summed E-state index contributed by atoms with van der Waals surface area (Å²) >= 11 is 2.21. The first-order valence-corrected chi connectivity index (χ1v) is 4.44. The van der Waals surface area contributed by atoms with Crippen LogP contribution in [0.2, 0.25) is 0 Å². The van der Waals surface area contributed by atoms with E-state index in [0.717, 1.165) is 0 Å². The Morgan fingerprint density at radius 2 is 2.36 bits per heavy atom. The van der Waals surface area contributed by atoms with Crippen LogP contribution >= 0.6 is 0 Å². The number of fused-ring (bicyclic) bond motifs is 1. The molecule has 1 amide bonds. The van der Waals surface area contributed by atoms with Crippen molar-refractivity contribution in [3.63, 3.8) is 0 Å². The molecule has 0 spiro atoms. The number of carbonyl (C=O) groups excluding carboxylic acids is 1. The van der Waals surface area contributed by atoms with Gasteiger partial charge < -0.3 is 0 Å². The van der Waals surface area contributed by atoms with Crippen LogP contribution in [0.25, 0.3) is 11.2 Å². The quantitative estimate of drug-likeness (QED) is 0.590. The summed E-state index contributed by atoms with van der Waals surface area (Å²) < 4.78 is 0. The molecule has 3 N–H and O–H groups in total. The number of nitrogens with one attached hydrogen (secondary N) is 3. The first-order chi connectivity index (χ1) is 6.66. The molecule has 0 unspecified atom stereocenters. The van der Waals surface area contributed by atoms with Gasteiger partial charge in [0.1, 0.15) is 0 Å². The first-order valence-electron chi connectivity index (χ1n) is 3.58. The summed E-state index contributed by atoms with van der Waals surface area (Å²) in [7, 11) is 0. The van der Waals surface area contributed by atoms with Gasteiger partial charge in [-0.1, -0.05) is 0 Å². The van der Waals surface area contributed by atoms with Crippen LogP contribution in [0.15, 0.2) is 11.1 Å². The van der Waals surface area contributed by atoms with Gasteiger partial charge in [0.25, 0.3) is 0 Å². The topological polar surface area (TPSA) is 104 Å². The van der Waals surface area contributed by atoms with Crippen molar-refractivity contribution in [3.05, 3.63) is 16.7 Å². The molecule has 0 aromatic carbocycles. The third-order valence-corrected chi connectivity index (χ3v) is 1.73. The Morgan fingerprint density at radius 1 is 1.57 bits per heavy atom. The molecule has 7 nitrogen and oxygen atoms in total. The second kappa shape index (κ2) is 3.24. The van der Waals surface area contributed by atoms with Crippen LogP contribution in [0.4, 0.5) is 10.7 Å². The molecule has 2 rings (SSSR count). The molecule has 2 aromatic heterocycles. The monoisotopic (exact) mass is 258 g/mol. The van der Waals surface area contributed by atoms with E-state index in [1.807, 2.05) is 0 Å². The Balaban J connectivity index is 2.58. The third-order valence-electron chi connectivity index (χ3n) is 1.52. The van der Waals surface area contributed by atoms with E-state index in [1.54, 1.807) is 0 Å². The number of aromatic amines is 2. The van der Waals surface area contributed by atoms with Crippen LogP contribution in [-0.2, 0) is 0 Å². The molecule has 0 saturated carbocycles. The predicted octanol–water partition coefficient (Wildman–Crippen LogP) is -0.653. The summed E-state index contributed by atoms with van der Waals surface area (Å²) in [6.45, 7) is 0. The summed E-state index contributed by atoms with van der Waals surface area (Å²) in [6, 6.07) is 0. The van der Waals surface area contributed by atoms with Crippen molar-refractivity contribution in [1.29, 1.82) is 0 Å². The Labute approximate surface area is 85.2 Å². The zero-order valence-corrected chi connectivity index (χ0v) is 8.41. The van der Waals surface area contributed by atoms with E-state index in [2.05, 4.69) is 41.3 Å². The van der Waals surface area contributed by atoms with Crippen molar-refractivity contribution in [3.8, 4) is 0 Å². The number of aromatic nitrogens is 4. The summed E-state index contributed by atoms with van der Waals surface area (Å²) in [5.74, 6) is 0.0679. The average molecular weight is 257 g/mol. The van der Waals surface area contributed by atoms with Gasteiger partial charge in [0.15, 0.2) is 0 Å². The molecule has 0 aliphatic carbocycles. The van der Waals surface area contributed by atoms with Gasteiger partial charge in [-0.15, -0.1) is 0 Å². The van der Waals surface area contributed by atoms with Crippen molar-refractivity contribution in [2.45, 2.75) is 0 Å². The second-order valence-electron chi connectivity index (χ2n) is 2.43. The number of hydrogen-bond donors (Lipinski definition) is 3. The fraction of sp³-hybridized carbons (Fsp3) is 0. The fourth-order valence-electron chi connectivity index (χ4n) is 0.999. The maximum atomic E-state index is 11.3. The number of anilines is 1. The maximum absolute atomic E-state index is 11.3. The number of hydrogen-bond acceptors (Lipinski definition) is 4. The predicted molar refractivity (Wildman–Crippen MR) is 49.3 cm³/mol. The number of H-pyrrole nitrogens is 2. The molecule has 2 heterocycles. The molecule has 0 fully saturated rings. The fourth-order valence-corrected chi connectivity index (χ4v) is 1.20.